The molecule has 3 aromatic rings. The first-order chi connectivity index (χ1) is 16.2. The number of nitrogens with two attached hydrogens (primary N) is 1. The Morgan fingerprint density at radius 2 is 1.79 bits per heavy atom. The van der Waals surface area contributed by atoms with Crippen molar-refractivity contribution in [1.82, 2.24) is 5.16 Å². The standard InChI is InChI=1S/C24H27N3O7/c1-12(2)14-10-15(18(30)11-17(14)29)23-22(21(27-34-23)16(28)7-8-25)26-24(31)13-5-6-19(32-3)20(9-13)33-4/h5-6,9-12,29-30H,7-8,25H2,1-4H3,(H,26,31). The number of phenols is 2. The van der Waals surface area contributed by atoms with Gasteiger partial charge in [0, 0.05) is 18.1 Å². The van der Waals surface area contributed by atoms with E-state index in [1.807, 2.05) is 13.8 Å². The number of phenolic OH excluding ortho intramolecular Hbond substituents is 2. The molecule has 10 nitrogen and oxygen atoms in total. The quantitative estimate of drug-likeness (QED) is 0.343. The molecule has 0 aliphatic carbocycles. The molecule has 0 aliphatic rings. The maximum Gasteiger partial charge on any atom is 0.255 e. The summed E-state index contributed by atoms with van der Waals surface area (Å²) >= 11 is 0. The molecule has 0 unspecified atom stereocenters. The molecule has 2 aromatic carbocycles. The van der Waals surface area contributed by atoms with Crippen LogP contribution in [0.4, 0.5) is 5.69 Å². The summed E-state index contributed by atoms with van der Waals surface area (Å²) in [4.78, 5) is 25.7. The van der Waals surface area contributed by atoms with E-state index < -0.39 is 11.7 Å². The lowest BCUT2D eigenvalue weighted by molar-refractivity contribution is 0.0977. The van der Waals surface area contributed by atoms with Gasteiger partial charge in [0.1, 0.15) is 17.2 Å². The Kier molecular flexibility index (Phi) is 7.42. The average molecular weight is 469 g/mol. The molecule has 10 heteroatoms. The van der Waals surface area contributed by atoms with Gasteiger partial charge < -0.3 is 35.3 Å². The first kappa shape index (κ1) is 24.6. The van der Waals surface area contributed by atoms with Crippen LogP contribution < -0.4 is 20.5 Å². The van der Waals surface area contributed by atoms with Crippen LogP contribution in [-0.4, -0.2) is 47.8 Å². The van der Waals surface area contributed by atoms with Gasteiger partial charge in [0.15, 0.2) is 28.7 Å². The van der Waals surface area contributed by atoms with Gasteiger partial charge in [0.05, 0.1) is 19.8 Å². The molecule has 0 radical (unpaired) electrons. The molecule has 1 amide bonds. The number of nitrogens with one attached hydrogen (secondary N) is 1. The van der Waals surface area contributed by atoms with Crippen molar-refractivity contribution in [3.8, 4) is 34.3 Å². The second kappa shape index (κ2) is 10.3. The molecule has 3 rings (SSSR count). The summed E-state index contributed by atoms with van der Waals surface area (Å²) < 4.78 is 15.9. The first-order valence-corrected chi connectivity index (χ1v) is 10.5. The number of ketones is 1. The van der Waals surface area contributed by atoms with Crippen LogP contribution in [0.5, 0.6) is 23.0 Å². The largest absolute Gasteiger partial charge is 0.508 e. The molecule has 1 aromatic heterocycles. The van der Waals surface area contributed by atoms with Crippen molar-refractivity contribution < 1.29 is 33.8 Å². The van der Waals surface area contributed by atoms with Crippen LogP contribution in [0.25, 0.3) is 11.3 Å². The third-order valence-corrected chi connectivity index (χ3v) is 5.22. The highest BCUT2D eigenvalue weighted by Crippen LogP contribution is 2.42. The Morgan fingerprint density at radius 3 is 2.41 bits per heavy atom. The minimum absolute atomic E-state index is 0.0195. The van der Waals surface area contributed by atoms with E-state index in [1.165, 1.54) is 38.5 Å². The van der Waals surface area contributed by atoms with E-state index >= 15 is 0 Å². The Morgan fingerprint density at radius 1 is 1.09 bits per heavy atom. The van der Waals surface area contributed by atoms with Crippen molar-refractivity contribution >= 4 is 17.4 Å². The molecule has 1 heterocycles. The number of methoxy groups -OCH3 is 2. The van der Waals surface area contributed by atoms with Crippen molar-refractivity contribution in [2.45, 2.75) is 26.2 Å². The predicted octanol–water partition coefficient (Wildman–Crippen LogP) is 3.68. The Balaban J connectivity index is 2.11. The van der Waals surface area contributed by atoms with Gasteiger partial charge in [-0.05, 0) is 42.3 Å². The zero-order valence-electron chi connectivity index (χ0n) is 19.3. The normalized spacial score (nSPS) is 10.9. The fourth-order valence-corrected chi connectivity index (χ4v) is 3.43. The van der Waals surface area contributed by atoms with E-state index in [9.17, 15) is 19.8 Å². The molecular formula is C24H27N3O7. The topological polar surface area (TPSA) is 157 Å². The van der Waals surface area contributed by atoms with Gasteiger partial charge in [-0.3, -0.25) is 9.59 Å². The molecule has 0 fully saturated rings. The van der Waals surface area contributed by atoms with Crippen LogP contribution in [0.15, 0.2) is 34.9 Å². The number of benzene rings is 2. The van der Waals surface area contributed by atoms with Crippen molar-refractivity contribution in [2.75, 3.05) is 26.1 Å². The summed E-state index contributed by atoms with van der Waals surface area (Å²) in [6.45, 7) is 3.81. The monoisotopic (exact) mass is 469 g/mol. The van der Waals surface area contributed by atoms with Gasteiger partial charge in [-0.25, -0.2) is 0 Å². The molecule has 0 atom stereocenters. The first-order valence-electron chi connectivity index (χ1n) is 10.5. The van der Waals surface area contributed by atoms with Crippen molar-refractivity contribution in [3.63, 3.8) is 0 Å². The number of hydrogen-bond acceptors (Lipinski definition) is 9. The van der Waals surface area contributed by atoms with Gasteiger partial charge in [0.25, 0.3) is 5.91 Å². The Hall–Kier alpha value is -4.05. The van der Waals surface area contributed by atoms with Crippen LogP contribution >= 0.6 is 0 Å². The van der Waals surface area contributed by atoms with E-state index in [1.54, 1.807) is 6.07 Å². The molecule has 0 bridgehead atoms. The number of carbonyl (C=O) groups is 2. The zero-order valence-corrected chi connectivity index (χ0v) is 19.3. The van der Waals surface area contributed by atoms with Crippen LogP contribution in [0.1, 0.15) is 52.6 Å². The summed E-state index contributed by atoms with van der Waals surface area (Å²) in [6.07, 6.45) is -0.0238. The maximum atomic E-state index is 13.1. The number of carbonyl (C=O) groups excluding carboxylic acids is 2. The van der Waals surface area contributed by atoms with E-state index in [2.05, 4.69) is 10.5 Å². The molecule has 0 saturated carbocycles. The predicted molar refractivity (Wildman–Crippen MR) is 125 cm³/mol. The lowest BCUT2D eigenvalue weighted by atomic mass is 9.97. The van der Waals surface area contributed by atoms with Crippen molar-refractivity contribution in [3.05, 3.63) is 47.2 Å². The third-order valence-electron chi connectivity index (χ3n) is 5.22. The molecule has 5 N–H and O–H groups in total. The van der Waals surface area contributed by atoms with Crippen LogP contribution in [0, 0.1) is 0 Å². The van der Waals surface area contributed by atoms with Gasteiger partial charge in [-0.15, -0.1) is 0 Å². The van der Waals surface area contributed by atoms with Crippen LogP contribution in [0.2, 0.25) is 0 Å². The molecule has 180 valence electrons. The van der Waals surface area contributed by atoms with Gasteiger partial charge in [-0.1, -0.05) is 19.0 Å². The van der Waals surface area contributed by atoms with Gasteiger partial charge >= 0.3 is 0 Å². The summed E-state index contributed by atoms with van der Waals surface area (Å²) in [5.74, 6) is -0.740. The fourth-order valence-electron chi connectivity index (χ4n) is 3.43. The number of amides is 1. The highest BCUT2D eigenvalue weighted by atomic mass is 16.5. The third kappa shape index (κ3) is 4.81. The average Bonchev–Trinajstić information content (AvgIpc) is 3.21. The smallest absolute Gasteiger partial charge is 0.255 e. The Bertz CT molecular complexity index is 1220. The van der Waals surface area contributed by atoms with Gasteiger partial charge in [-0.2, -0.15) is 0 Å². The van der Waals surface area contributed by atoms with E-state index in [-0.39, 0.29) is 58.7 Å². The van der Waals surface area contributed by atoms with E-state index in [0.717, 1.165) is 0 Å². The number of rotatable bonds is 9. The SMILES string of the molecule is COc1ccc(C(=O)Nc2c(C(=O)CCN)noc2-c2cc(C(C)C)c(O)cc2O)cc1OC. The number of hydrogen-bond donors (Lipinski definition) is 4. The number of anilines is 1. The molecule has 34 heavy (non-hydrogen) atoms. The molecule has 0 spiro atoms. The fraction of sp³-hybridized carbons (Fsp3) is 0.292. The van der Waals surface area contributed by atoms with Crippen LogP contribution in [0.3, 0.4) is 0 Å². The van der Waals surface area contributed by atoms with Crippen molar-refractivity contribution in [2.24, 2.45) is 5.73 Å². The maximum absolute atomic E-state index is 13.1. The van der Waals surface area contributed by atoms with Crippen LogP contribution in [-0.2, 0) is 0 Å². The Labute approximate surface area is 196 Å². The lowest BCUT2D eigenvalue weighted by Gasteiger charge is -2.13. The zero-order chi connectivity index (χ0) is 25.0. The molecule has 0 aliphatic heterocycles. The minimum atomic E-state index is -0.574. The summed E-state index contributed by atoms with van der Waals surface area (Å²) in [5, 5.41) is 27.2. The van der Waals surface area contributed by atoms with Gasteiger partial charge in [0.2, 0.25) is 0 Å². The summed E-state index contributed by atoms with van der Waals surface area (Å²) in [7, 11) is 2.92. The summed E-state index contributed by atoms with van der Waals surface area (Å²) in [6, 6.07) is 7.29. The number of nitrogens with zero attached hydrogens (tertiary/aromatic N) is 1. The second-order valence-corrected chi connectivity index (χ2v) is 7.80. The van der Waals surface area contributed by atoms with E-state index in [0.29, 0.717) is 17.1 Å². The number of ether oxygens (including phenoxy) is 2. The number of Topliss-reactive ketones (excluding diaryl/α,β-unsaturated/α-hetero) is 1. The summed E-state index contributed by atoms with van der Waals surface area (Å²) in [5.41, 5.74) is 6.29. The second-order valence-electron chi connectivity index (χ2n) is 7.80. The number of aromatic hydroxyl groups is 2. The molecule has 0 saturated heterocycles. The van der Waals surface area contributed by atoms with Crippen molar-refractivity contribution in [1.29, 1.82) is 0 Å². The lowest BCUT2D eigenvalue weighted by Crippen LogP contribution is -2.16. The minimum Gasteiger partial charge on any atom is -0.508 e. The molecular weight excluding hydrogens is 442 g/mol. The highest BCUT2D eigenvalue weighted by Gasteiger charge is 2.27. The number of aromatic nitrogens is 1. The highest BCUT2D eigenvalue weighted by molar-refractivity contribution is 6.11. The van der Waals surface area contributed by atoms with E-state index in [4.69, 9.17) is 19.7 Å².